The van der Waals surface area contributed by atoms with Crippen molar-refractivity contribution >= 4 is 0 Å². The lowest BCUT2D eigenvalue weighted by Gasteiger charge is -2.24. The molecule has 1 aliphatic rings. The molecule has 0 unspecified atom stereocenters. The predicted molar refractivity (Wildman–Crippen MR) is 38.4 cm³/mol. The summed E-state index contributed by atoms with van der Waals surface area (Å²) < 4.78 is 5.28. The van der Waals surface area contributed by atoms with Crippen LogP contribution in [0.5, 0.6) is 0 Å². The van der Waals surface area contributed by atoms with Gasteiger partial charge in [0.2, 0.25) is 0 Å². The van der Waals surface area contributed by atoms with E-state index in [-0.39, 0.29) is 0 Å². The third-order valence-corrected chi connectivity index (χ3v) is 2.15. The van der Waals surface area contributed by atoms with Crippen LogP contribution in [-0.2, 0) is 4.74 Å². The van der Waals surface area contributed by atoms with E-state index in [1.165, 1.54) is 6.42 Å². The largest absolute Gasteiger partial charge is 0.381 e. The molecule has 1 rings (SSSR count). The molecule has 0 aromatic heterocycles. The number of hydrogen-bond donors (Lipinski definition) is 0. The van der Waals surface area contributed by atoms with Crippen LogP contribution in [-0.4, -0.2) is 13.2 Å². The van der Waals surface area contributed by atoms with E-state index in [0.29, 0.717) is 5.41 Å². The normalized spacial score (nSPS) is 29.0. The Morgan fingerprint density at radius 2 is 2.00 bits per heavy atom. The molecular formula is C8H16O. The van der Waals surface area contributed by atoms with Crippen molar-refractivity contribution in [2.24, 2.45) is 11.3 Å². The Labute approximate surface area is 57.4 Å². The Hall–Kier alpha value is -0.0400. The van der Waals surface area contributed by atoms with Crippen LogP contribution >= 0.6 is 0 Å². The highest BCUT2D eigenvalue weighted by molar-refractivity contribution is 4.76. The fraction of sp³-hybridized carbons (Fsp3) is 1.00. The molecular weight excluding hydrogens is 112 g/mol. The van der Waals surface area contributed by atoms with Crippen LogP contribution in [0.3, 0.4) is 0 Å². The van der Waals surface area contributed by atoms with Crippen LogP contribution < -0.4 is 0 Å². The van der Waals surface area contributed by atoms with Crippen molar-refractivity contribution < 1.29 is 4.74 Å². The highest BCUT2D eigenvalue weighted by atomic mass is 16.5. The number of ether oxygens (including phenoxy) is 1. The topological polar surface area (TPSA) is 9.23 Å². The minimum atomic E-state index is 0.455. The first-order valence-electron chi connectivity index (χ1n) is 3.68. The van der Waals surface area contributed by atoms with Gasteiger partial charge in [0, 0.05) is 13.2 Å². The molecule has 0 spiro atoms. The van der Waals surface area contributed by atoms with Gasteiger partial charge in [0.05, 0.1) is 0 Å². The first-order chi connectivity index (χ1) is 4.11. The summed E-state index contributed by atoms with van der Waals surface area (Å²) in [5.41, 5.74) is 0.455. The molecule has 0 saturated carbocycles. The second kappa shape index (κ2) is 2.30. The van der Waals surface area contributed by atoms with Crippen molar-refractivity contribution in [2.75, 3.05) is 13.2 Å². The number of rotatable bonds is 0. The van der Waals surface area contributed by atoms with Crippen LogP contribution in [0.4, 0.5) is 0 Å². The van der Waals surface area contributed by atoms with Crippen molar-refractivity contribution in [1.29, 1.82) is 0 Å². The lowest BCUT2D eigenvalue weighted by atomic mass is 9.80. The van der Waals surface area contributed by atoms with Gasteiger partial charge in [0.1, 0.15) is 0 Å². The Kier molecular flexibility index (Phi) is 1.80. The molecule has 9 heavy (non-hydrogen) atoms. The molecule has 1 aliphatic heterocycles. The van der Waals surface area contributed by atoms with E-state index in [0.717, 1.165) is 19.1 Å². The van der Waals surface area contributed by atoms with Gasteiger partial charge in [-0.25, -0.2) is 0 Å². The van der Waals surface area contributed by atoms with Gasteiger partial charge in [-0.1, -0.05) is 20.8 Å². The van der Waals surface area contributed by atoms with Crippen LogP contribution in [0.1, 0.15) is 27.2 Å². The zero-order valence-electron chi connectivity index (χ0n) is 6.61. The van der Waals surface area contributed by atoms with Gasteiger partial charge in [0.25, 0.3) is 0 Å². The monoisotopic (exact) mass is 128 g/mol. The summed E-state index contributed by atoms with van der Waals surface area (Å²) in [6.45, 7) is 8.80. The second-order valence-electron chi connectivity index (χ2n) is 3.93. The lowest BCUT2D eigenvalue weighted by Crippen LogP contribution is -2.19. The summed E-state index contributed by atoms with van der Waals surface area (Å²) in [5.74, 6) is 0.789. The molecule has 1 heterocycles. The van der Waals surface area contributed by atoms with Crippen LogP contribution in [0.15, 0.2) is 0 Å². The SMILES string of the molecule is CC(C)(C)[C@H]1CCOC1. The zero-order valence-corrected chi connectivity index (χ0v) is 6.61. The van der Waals surface area contributed by atoms with E-state index in [1.807, 2.05) is 0 Å². The lowest BCUT2D eigenvalue weighted by molar-refractivity contribution is 0.152. The third kappa shape index (κ3) is 1.68. The maximum absolute atomic E-state index is 5.28. The van der Waals surface area contributed by atoms with E-state index in [2.05, 4.69) is 20.8 Å². The summed E-state index contributed by atoms with van der Waals surface area (Å²) in [4.78, 5) is 0. The quantitative estimate of drug-likeness (QED) is 0.485. The van der Waals surface area contributed by atoms with Crippen molar-refractivity contribution in [3.05, 3.63) is 0 Å². The molecule has 1 atom stereocenters. The van der Waals surface area contributed by atoms with Gasteiger partial charge in [-0.2, -0.15) is 0 Å². The maximum atomic E-state index is 5.28. The molecule has 0 aromatic rings. The molecule has 0 amide bonds. The molecule has 0 aromatic carbocycles. The van der Waals surface area contributed by atoms with Crippen LogP contribution in [0.2, 0.25) is 0 Å². The van der Waals surface area contributed by atoms with Gasteiger partial charge in [-0.05, 0) is 17.8 Å². The van der Waals surface area contributed by atoms with Crippen molar-refractivity contribution in [3.63, 3.8) is 0 Å². The van der Waals surface area contributed by atoms with Gasteiger partial charge < -0.3 is 4.74 Å². The maximum Gasteiger partial charge on any atom is 0.0500 e. The predicted octanol–water partition coefficient (Wildman–Crippen LogP) is 2.07. The molecule has 0 radical (unpaired) electrons. The summed E-state index contributed by atoms with van der Waals surface area (Å²) in [5, 5.41) is 0. The third-order valence-electron chi connectivity index (χ3n) is 2.15. The fourth-order valence-corrected chi connectivity index (χ4v) is 1.22. The molecule has 1 heteroatoms. The van der Waals surface area contributed by atoms with E-state index in [4.69, 9.17) is 4.74 Å². The van der Waals surface area contributed by atoms with Crippen LogP contribution in [0, 0.1) is 11.3 Å². The van der Waals surface area contributed by atoms with Gasteiger partial charge in [-0.3, -0.25) is 0 Å². The fourth-order valence-electron chi connectivity index (χ4n) is 1.22. The summed E-state index contributed by atoms with van der Waals surface area (Å²) in [7, 11) is 0. The second-order valence-corrected chi connectivity index (χ2v) is 3.93. The average molecular weight is 128 g/mol. The van der Waals surface area contributed by atoms with Gasteiger partial charge in [0.15, 0.2) is 0 Å². The molecule has 54 valence electrons. The molecule has 0 bridgehead atoms. The Morgan fingerprint density at radius 3 is 2.22 bits per heavy atom. The van der Waals surface area contributed by atoms with E-state index >= 15 is 0 Å². The average Bonchev–Trinajstić information content (AvgIpc) is 2.08. The Balaban J connectivity index is 2.42. The Morgan fingerprint density at radius 1 is 1.33 bits per heavy atom. The Bertz CT molecular complexity index is 85.2. The first-order valence-corrected chi connectivity index (χ1v) is 3.68. The molecule has 0 aliphatic carbocycles. The van der Waals surface area contributed by atoms with Crippen LogP contribution in [0.25, 0.3) is 0 Å². The molecule has 0 N–H and O–H groups in total. The van der Waals surface area contributed by atoms with E-state index < -0.39 is 0 Å². The van der Waals surface area contributed by atoms with Gasteiger partial charge >= 0.3 is 0 Å². The minimum absolute atomic E-state index is 0.455. The molecule has 1 saturated heterocycles. The van der Waals surface area contributed by atoms with E-state index in [1.54, 1.807) is 0 Å². The standard InChI is InChI=1S/C8H16O/c1-8(2,3)7-4-5-9-6-7/h7H,4-6H2,1-3H3/t7-/m0/s1. The van der Waals surface area contributed by atoms with Crippen molar-refractivity contribution in [3.8, 4) is 0 Å². The number of hydrogen-bond acceptors (Lipinski definition) is 1. The van der Waals surface area contributed by atoms with Crippen molar-refractivity contribution in [2.45, 2.75) is 27.2 Å². The first kappa shape index (κ1) is 7.07. The summed E-state index contributed by atoms with van der Waals surface area (Å²) in [6, 6.07) is 0. The summed E-state index contributed by atoms with van der Waals surface area (Å²) >= 11 is 0. The summed E-state index contributed by atoms with van der Waals surface area (Å²) in [6.07, 6.45) is 1.25. The highest BCUT2D eigenvalue weighted by Gasteiger charge is 2.27. The zero-order chi connectivity index (χ0) is 6.91. The molecule has 1 nitrogen and oxygen atoms in total. The smallest absolute Gasteiger partial charge is 0.0500 e. The van der Waals surface area contributed by atoms with Gasteiger partial charge in [-0.15, -0.1) is 0 Å². The van der Waals surface area contributed by atoms with Crippen molar-refractivity contribution in [1.82, 2.24) is 0 Å². The van der Waals surface area contributed by atoms with E-state index in [9.17, 15) is 0 Å². The minimum Gasteiger partial charge on any atom is -0.381 e. The molecule has 1 fully saturated rings. The highest BCUT2D eigenvalue weighted by Crippen LogP contribution is 2.31.